The highest BCUT2D eigenvalue weighted by Crippen LogP contribution is 2.39. The van der Waals surface area contributed by atoms with Crippen LogP contribution in [0, 0.1) is 5.92 Å². The molecule has 4 rings (SSSR count). The van der Waals surface area contributed by atoms with Gasteiger partial charge in [-0.25, -0.2) is 9.78 Å². The Labute approximate surface area is 188 Å². The van der Waals surface area contributed by atoms with Crippen molar-refractivity contribution in [2.24, 2.45) is 5.92 Å². The van der Waals surface area contributed by atoms with Gasteiger partial charge in [0.2, 0.25) is 5.95 Å². The summed E-state index contributed by atoms with van der Waals surface area (Å²) in [4.78, 5) is 16.5. The zero-order chi connectivity index (χ0) is 22.8. The first-order valence-corrected chi connectivity index (χ1v) is 11.2. The lowest BCUT2D eigenvalue weighted by Crippen LogP contribution is -2.19. The van der Waals surface area contributed by atoms with Gasteiger partial charge in [0.05, 0.1) is 24.2 Å². The molecule has 1 aliphatic rings. The van der Waals surface area contributed by atoms with Crippen LogP contribution in [0.25, 0.3) is 11.0 Å². The number of benzene rings is 2. The predicted molar refractivity (Wildman–Crippen MR) is 125 cm³/mol. The van der Waals surface area contributed by atoms with Gasteiger partial charge >= 0.3 is 5.97 Å². The minimum Gasteiger partial charge on any atom is -0.496 e. The molecule has 2 atom stereocenters. The van der Waals surface area contributed by atoms with Crippen LogP contribution in [0.1, 0.15) is 62.9 Å². The summed E-state index contributed by atoms with van der Waals surface area (Å²) in [5, 5.41) is 13.0. The fourth-order valence-corrected chi connectivity index (χ4v) is 4.57. The van der Waals surface area contributed by atoms with Crippen molar-refractivity contribution in [1.82, 2.24) is 9.55 Å². The number of ether oxygens (including phenoxy) is 2. The number of methoxy groups -OCH3 is 1. The number of aromatic nitrogens is 2. The second-order valence-electron chi connectivity index (χ2n) is 8.89. The fraction of sp³-hybridized carbons (Fsp3) is 0.440. The molecule has 0 aliphatic heterocycles. The molecule has 0 radical (unpaired) electrons. The number of anilines is 2. The third kappa shape index (κ3) is 4.52. The van der Waals surface area contributed by atoms with Crippen LogP contribution in [0.5, 0.6) is 11.5 Å². The number of hydrogen-bond acceptors (Lipinski definition) is 5. The summed E-state index contributed by atoms with van der Waals surface area (Å²) in [6, 6.07) is 11.5. The first-order valence-electron chi connectivity index (χ1n) is 11.2. The van der Waals surface area contributed by atoms with Crippen LogP contribution in [-0.4, -0.2) is 33.8 Å². The molecule has 0 bridgehead atoms. The number of nitrogens with one attached hydrogen (secondary N) is 1. The topological polar surface area (TPSA) is 85.6 Å². The molecular formula is C25H31N3O4. The van der Waals surface area contributed by atoms with Crippen molar-refractivity contribution in [3.05, 3.63) is 42.0 Å². The van der Waals surface area contributed by atoms with Crippen molar-refractivity contribution in [3.8, 4) is 11.5 Å². The lowest BCUT2D eigenvalue weighted by atomic mass is 9.87. The quantitative estimate of drug-likeness (QED) is 0.470. The van der Waals surface area contributed by atoms with Crippen LogP contribution in [0.15, 0.2) is 36.4 Å². The maximum Gasteiger partial charge on any atom is 0.339 e. The summed E-state index contributed by atoms with van der Waals surface area (Å²) in [5.41, 5.74) is 2.53. The Kier molecular flexibility index (Phi) is 6.26. The van der Waals surface area contributed by atoms with E-state index in [0.29, 0.717) is 23.1 Å². The molecule has 0 amide bonds. The molecule has 2 unspecified atom stereocenters. The van der Waals surface area contributed by atoms with Crippen molar-refractivity contribution in [1.29, 1.82) is 0 Å². The van der Waals surface area contributed by atoms with Gasteiger partial charge in [0.1, 0.15) is 17.1 Å². The number of carboxylic acid groups (broad SMARTS) is 1. The third-order valence-corrected chi connectivity index (χ3v) is 6.00. The van der Waals surface area contributed by atoms with Gasteiger partial charge in [-0.15, -0.1) is 0 Å². The number of nitrogens with zero attached hydrogens (tertiary/aromatic N) is 2. The average Bonchev–Trinajstić information content (AvgIpc) is 3.10. The van der Waals surface area contributed by atoms with Gasteiger partial charge in [0.25, 0.3) is 0 Å². The second-order valence-corrected chi connectivity index (χ2v) is 8.89. The summed E-state index contributed by atoms with van der Waals surface area (Å²) >= 11 is 0. The Balaban J connectivity index is 1.77. The number of hydrogen-bond donors (Lipinski definition) is 2. The molecule has 2 aromatic carbocycles. The molecule has 1 heterocycles. The highest BCUT2D eigenvalue weighted by atomic mass is 16.5. The van der Waals surface area contributed by atoms with Crippen molar-refractivity contribution < 1.29 is 19.4 Å². The summed E-state index contributed by atoms with van der Waals surface area (Å²) in [6.07, 6.45) is 4.63. The summed E-state index contributed by atoms with van der Waals surface area (Å²) in [5.74, 6) is 1.47. The van der Waals surface area contributed by atoms with E-state index in [-0.39, 0.29) is 17.7 Å². The average molecular weight is 438 g/mol. The van der Waals surface area contributed by atoms with Crippen LogP contribution < -0.4 is 14.8 Å². The zero-order valence-corrected chi connectivity index (χ0v) is 19.1. The van der Waals surface area contributed by atoms with E-state index < -0.39 is 5.97 Å². The Morgan fingerprint density at radius 2 is 1.97 bits per heavy atom. The van der Waals surface area contributed by atoms with Gasteiger partial charge in [-0.1, -0.05) is 19.8 Å². The normalized spacial score (nSPS) is 18.7. The first kappa shape index (κ1) is 22.0. The molecule has 0 saturated heterocycles. The molecule has 1 aliphatic carbocycles. The maximum absolute atomic E-state index is 11.7. The number of imidazole rings is 1. The van der Waals surface area contributed by atoms with Crippen LogP contribution in [0.4, 0.5) is 11.6 Å². The van der Waals surface area contributed by atoms with Gasteiger partial charge in [-0.3, -0.25) is 0 Å². The third-order valence-electron chi connectivity index (χ3n) is 6.00. The lowest BCUT2D eigenvalue weighted by Gasteiger charge is -2.29. The minimum atomic E-state index is -1.03. The summed E-state index contributed by atoms with van der Waals surface area (Å²) in [7, 11) is 1.50. The number of carbonyl (C=O) groups is 1. The van der Waals surface area contributed by atoms with Gasteiger partial charge in [-0.2, -0.15) is 0 Å². The number of aromatic carboxylic acids is 1. The van der Waals surface area contributed by atoms with Crippen LogP contribution in [0.2, 0.25) is 0 Å². The largest absolute Gasteiger partial charge is 0.496 e. The highest BCUT2D eigenvalue weighted by Gasteiger charge is 2.26. The van der Waals surface area contributed by atoms with Crippen molar-refractivity contribution in [3.63, 3.8) is 0 Å². The standard InChI is InChI=1S/C25H31N3O4/c1-15(2)32-19-10-8-17(9-11-19)26-25-27-21-13-20(24(29)30)23(31-4)14-22(21)28(25)18-7-5-6-16(3)12-18/h8-11,13-16,18H,5-7,12H2,1-4H3,(H,26,27)(H,29,30). The molecule has 3 aromatic rings. The molecule has 1 fully saturated rings. The Morgan fingerprint density at radius 1 is 1.22 bits per heavy atom. The van der Waals surface area contributed by atoms with Crippen molar-refractivity contribution in [2.45, 2.75) is 58.6 Å². The Morgan fingerprint density at radius 3 is 2.59 bits per heavy atom. The summed E-state index contributed by atoms with van der Waals surface area (Å²) in [6.45, 7) is 6.29. The molecule has 0 spiro atoms. The van der Waals surface area contributed by atoms with E-state index in [9.17, 15) is 9.90 Å². The second kappa shape index (κ2) is 9.10. The van der Waals surface area contributed by atoms with Gasteiger partial charge in [0, 0.05) is 17.8 Å². The predicted octanol–water partition coefficient (Wildman–Crippen LogP) is 6.03. The number of carboxylic acids is 1. The van der Waals surface area contributed by atoms with E-state index in [1.807, 2.05) is 38.1 Å². The first-order chi connectivity index (χ1) is 15.4. The number of fused-ring (bicyclic) bond motifs is 1. The van der Waals surface area contributed by atoms with Crippen molar-refractivity contribution >= 4 is 28.6 Å². The lowest BCUT2D eigenvalue weighted by molar-refractivity contribution is 0.0693. The van der Waals surface area contributed by atoms with Gasteiger partial charge in [-0.05, 0) is 62.9 Å². The maximum atomic E-state index is 11.7. The zero-order valence-electron chi connectivity index (χ0n) is 19.1. The molecule has 2 N–H and O–H groups in total. The Bertz CT molecular complexity index is 1100. The van der Waals surface area contributed by atoms with Gasteiger partial charge < -0.3 is 24.5 Å². The van der Waals surface area contributed by atoms with E-state index in [1.54, 1.807) is 12.1 Å². The highest BCUT2D eigenvalue weighted by molar-refractivity contribution is 5.96. The van der Waals surface area contributed by atoms with Crippen molar-refractivity contribution in [2.75, 3.05) is 12.4 Å². The SMILES string of the molecule is COc1cc2c(cc1C(=O)O)nc(Nc1ccc(OC(C)C)cc1)n2C1CCCC(C)C1. The minimum absolute atomic E-state index is 0.114. The molecular weight excluding hydrogens is 406 g/mol. The summed E-state index contributed by atoms with van der Waals surface area (Å²) < 4.78 is 13.4. The van der Waals surface area contributed by atoms with E-state index in [0.717, 1.165) is 36.2 Å². The van der Waals surface area contributed by atoms with E-state index >= 15 is 0 Å². The Hall–Kier alpha value is -3.22. The molecule has 7 nitrogen and oxygen atoms in total. The van der Waals surface area contributed by atoms with Gasteiger partial charge in [0.15, 0.2) is 0 Å². The molecule has 32 heavy (non-hydrogen) atoms. The smallest absolute Gasteiger partial charge is 0.339 e. The molecule has 1 aromatic heterocycles. The molecule has 1 saturated carbocycles. The van der Waals surface area contributed by atoms with Crippen LogP contribution in [0.3, 0.4) is 0 Å². The van der Waals surface area contributed by atoms with E-state index in [4.69, 9.17) is 14.5 Å². The van der Waals surface area contributed by atoms with Crippen LogP contribution >= 0.6 is 0 Å². The molecule has 7 heteroatoms. The molecule has 170 valence electrons. The van der Waals surface area contributed by atoms with E-state index in [1.165, 1.54) is 13.5 Å². The van der Waals surface area contributed by atoms with Crippen LogP contribution in [-0.2, 0) is 0 Å². The monoisotopic (exact) mass is 437 g/mol. The fourth-order valence-electron chi connectivity index (χ4n) is 4.57. The van der Waals surface area contributed by atoms with E-state index in [2.05, 4.69) is 16.8 Å². The number of rotatable bonds is 7.